The number of guanidine groups is 1. The number of aliphatic imine (C=N–C) groups is 1. The Morgan fingerprint density at radius 3 is 2.52 bits per heavy atom. The second-order valence-electron chi connectivity index (χ2n) is 6.32. The molecule has 0 radical (unpaired) electrons. The van der Waals surface area contributed by atoms with E-state index in [0.29, 0.717) is 5.41 Å². The summed E-state index contributed by atoms with van der Waals surface area (Å²) in [5, 5.41) is 10.8. The molecule has 1 rings (SSSR count). The third-order valence-electron chi connectivity index (χ3n) is 3.23. The average Bonchev–Trinajstić information content (AvgIpc) is 2.77. The smallest absolute Gasteiger partial charge is 0.191 e. The first-order valence-corrected chi connectivity index (χ1v) is 7.34. The van der Waals surface area contributed by atoms with E-state index in [-0.39, 0.29) is 24.0 Å². The molecule has 1 aromatic heterocycles. The molecular formula is C15H30IN5. The Morgan fingerprint density at radius 2 is 2.00 bits per heavy atom. The lowest BCUT2D eigenvalue weighted by Gasteiger charge is -2.18. The van der Waals surface area contributed by atoms with Gasteiger partial charge in [-0.15, -0.1) is 24.0 Å². The molecule has 0 fully saturated rings. The van der Waals surface area contributed by atoms with Gasteiger partial charge in [0.15, 0.2) is 5.96 Å². The highest BCUT2D eigenvalue weighted by Crippen LogP contribution is 2.21. The standard InChI is InChI=1S/C15H29N5.HI/c1-15(2,3)9-6-7-10-17-14(16-4)18-12-13-8-11-19-20(13)5;/h8,11H,6-7,9-10,12H2,1-5H3,(H2,16,17,18);1H. The van der Waals surface area contributed by atoms with Crippen LogP contribution in [0.15, 0.2) is 17.3 Å². The van der Waals surface area contributed by atoms with Gasteiger partial charge in [-0.25, -0.2) is 0 Å². The van der Waals surface area contributed by atoms with Gasteiger partial charge in [-0.05, 0) is 24.3 Å². The fourth-order valence-electron chi connectivity index (χ4n) is 1.96. The second kappa shape index (κ2) is 10.0. The number of hydrogen-bond acceptors (Lipinski definition) is 2. The van der Waals surface area contributed by atoms with Crippen molar-refractivity contribution in [3.05, 3.63) is 18.0 Å². The van der Waals surface area contributed by atoms with Crippen LogP contribution in [0.2, 0.25) is 0 Å². The van der Waals surface area contributed by atoms with E-state index in [1.165, 1.54) is 19.3 Å². The van der Waals surface area contributed by atoms with Crippen LogP contribution in [0, 0.1) is 5.41 Å². The molecule has 5 nitrogen and oxygen atoms in total. The van der Waals surface area contributed by atoms with Crippen LogP contribution in [0.25, 0.3) is 0 Å². The number of rotatable bonds is 6. The van der Waals surface area contributed by atoms with E-state index in [0.717, 1.165) is 24.7 Å². The monoisotopic (exact) mass is 407 g/mol. The molecule has 0 spiro atoms. The Bertz CT molecular complexity index is 420. The van der Waals surface area contributed by atoms with Crippen LogP contribution in [0.1, 0.15) is 45.7 Å². The van der Waals surface area contributed by atoms with Crippen molar-refractivity contribution in [3.63, 3.8) is 0 Å². The molecule has 0 saturated heterocycles. The highest BCUT2D eigenvalue weighted by Gasteiger charge is 2.08. The normalized spacial score (nSPS) is 12.0. The van der Waals surface area contributed by atoms with Crippen LogP contribution < -0.4 is 10.6 Å². The lowest BCUT2D eigenvalue weighted by molar-refractivity contribution is 0.360. The quantitative estimate of drug-likeness (QED) is 0.330. The van der Waals surface area contributed by atoms with Crippen molar-refractivity contribution in [2.75, 3.05) is 13.6 Å². The fraction of sp³-hybridized carbons (Fsp3) is 0.733. The number of hydrogen-bond donors (Lipinski definition) is 2. The van der Waals surface area contributed by atoms with E-state index in [2.05, 4.69) is 41.5 Å². The minimum Gasteiger partial charge on any atom is -0.356 e. The van der Waals surface area contributed by atoms with Crippen molar-refractivity contribution in [2.45, 2.75) is 46.6 Å². The first-order chi connectivity index (χ1) is 9.42. The van der Waals surface area contributed by atoms with Gasteiger partial charge in [0.1, 0.15) is 0 Å². The van der Waals surface area contributed by atoms with Gasteiger partial charge in [-0.2, -0.15) is 5.10 Å². The molecule has 0 aliphatic rings. The summed E-state index contributed by atoms with van der Waals surface area (Å²) in [5.41, 5.74) is 1.57. The van der Waals surface area contributed by atoms with Gasteiger partial charge in [-0.1, -0.05) is 27.2 Å². The van der Waals surface area contributed by atoms with E-state index in [1.807, 2.05) is 17.8 Å². The molecule has 0 aromatic carbocycles. The van der Waals surface area contributed by atoms with E-state index in [4.69, 9.17) is 0 Å². The van der Waals surface area contributed by atoms with Crippen LogP contribution in [0.5, 0.6) is 0 Å². The summed E-state index contributed by atoms with van der Waals surface area (Å²) in [6, 6.07) is 2.00. The molecule has 0 unspecified atom stereocenters. The zero-order chi connectivity index (χ0) is 15.0. The first kappa shape index (κ1) is 20.2. The topological polar surface area (TPSA) is 54.2 Å². The fourth-order valence-corrected chi connectivity index (χ4v) is 1.96. The van der Waals surface area contributed by atoms with Crippen LogP contribution >= 0.6 is 24.0 Å². The van der Waals surface area contributed by atoms with Gasteiger partial charge >= 0.3 is 0 Å². The Morgan fingerprint density at radius 1 is 1.29 bits per heavy atom. The summed E-state index contributed by atoms with van der Waals surface area (Å²) in [4.78, 5) is 4.23. The lowest BCUT2D eigenvalue weighted by atomic mass is 9.90. The molecule has 0 aliphatic heterocycles. The zero-order valence-corrected chi connectivity index (χ0v) is 16.3. The molecule has 1 heterocycles. The van der Waals surface area contributed by atoms with Gasteiger partial charge in [0.25, 0.3) is 0 Å². The number of nitrogens with zero attached hydrogens (tertiary/aromatic N) is 3. The maximum Gasteiger partial charge on any atom is 0.191 e. The second-order valence-corrected chi connectivity index (χ2v) is 6.32. The summed E-state index contributed by atoms with van der Waals surface area (Å²) in [7, 11) is 3.74. The number of nitrogens with one attached hydrogen (secondary N) is 2. The minimum atomic E-state index is 0. The predicted molar refractivity (Wildman–Crippen MR) is 100 cm³/mol. The van der Waals surface area contributed by atoms with Gasteiger partial charge in [0, 0.05) is 26.8 Å². The van der Waals surface area contributed by atoms with Crippen LogP contribution in [0.3, 0.4) is 0 Å². The molecule has 0 saturated carbocycles. The molecule has 6 heteroatoms. The first-order valence-electron chi connectivity index (χ1n) is 7.34. The van der Waals surface area contributed by atoms with E-state index in [9.17, 15) is 0 Å². The van der Waals surface area contributed by atoms with E-state index in [1.54, 1.807) is 13.2 Å². The van der Waals surface area contributed by atoms with Gasteiger partial charge in [0.05, 0.1) is 12.2 Å². The van der Waals surface area contributed by atoms with Crippen molar-refractivity contribution < 1.29 is 0 Å². The highest BCUT2D eigenvalue weighted by molar-refractivity contribution is 14.0. The van der Waals surface area contributed by atoms with Crippen molar-refractivity contribution in [2.24, 2.45) is 17.5 Å². The van der Waals surface area contributed by atoms with E-state index >= 15 is 0 Å². The highest BCUT2D eigenvalue weighted by atomic mass is 127. The van der Waals surface area contributed by atoms with Crippen molar-refractivity contribution in [1.29, 1.82) is 0 Å². The predicted octanol–water partition coefficient (Wildman–Crippen LogP) is 2.92. The van der Waals surface area contributed by atoms with Crippen molar-refractivity contribution in [1.82, 2.24) is 20.4 Å². The molecule has 21 heavy (non-hydrogen) atoms. The Hall–Kier alpha value is -0.790. The third kappa shape index (κ3) is 8.95. The summed E-state index contributed by atoms with van der Waals surface area (Å²) >= 11 is 0. The van der Waals surface area contributed by atoms with Gasteiger partial charge < -0.3 is 10.6 Å². The van der Waals surface area contributed by atoms with Crippen LogP contribution in [0.4, 0.5) is 0 Å². The molecule has 2 N–H and O–H groups in total. The Labute approximate surface area is 146 Å². The summed E-state index contributed by atoms with van der Waals surface area (Å²) in [5.74, 6) is 0.849. The summed E-state index contributed by atoms with van der Waals surface area (Å²) in [6.07, 6.45) is 5.48. The molecule has 0 amide bonds. The molecule has 1 aromatic rings. The molecule has 0 bridgehead atoms. The Kier molecular flexibility index (Phi) is 9.65. The minimum absolute atomic E-state index is 0. The lowest BCUT2D eigenvalue weighted by Crippen LogP contribution is -2.37. The number of aromatic nitrogens is 2. The maximum atomic E-state index is 4.23. The Balaban J connectivity index is 0.00000400. The van der Waals surface area contributed by atoms with Crippen LogP contribution in [-0.2, 0) is 13.6 Å². The molecule has 122 valence electrons. The van der Waals surface area contributed by atoms with Gasteiger partial charge in [0.2, 0.25) is 0 Å². The van der Waals surface area contributed by atoms with Crippen molar-refractivity contribution in [3.8, 4) is 0 Å². The molecular weight excluding hydrogens is 377 g/mol. The average molecular weight is 407 g/mol. The largest absolute Gasteiger partial charge is 0.356 e. The summed E-state index contributed by atoms with van der Waals surface area (Å²) < 4.78 is 1.86. The number of halogens is 1. The SMILES string of the molecule is CN=C(NCCCCC(C)(C)C)NCc1ccnn1C.I. The van der Waals surface area contributed by atoms with Gasteiger partial charge in [-0.3, -0.25) is 9.67 Å². The number of unbranched alkanes of at least 4 members (excludes halogenated alkanes) is 1. The van der Waals surface area contributed by atoms with Crippen LogP contribution in [-0.4, -0.2) is 29.3 Å². The summed E-state index contributed by atoms with van der Waals surface area (Å²) in [6.45, 7) is 8.55. The zero-order valence-electron chi connectivity index (χ0n) is 13.9. The number of aryl methyl sites for hydroxylation is 1. The molecule has 0 aliphatic carbocycles. The maximum absolute atomic E-state index is 4.23. The molecule has 0 atom stereocenters. The van der Waals surface area contributed by atoms with Crippen molar-refractivity contribution >= 4 is 29.9 Å². The third-order valence-corrected chi connectivity index (χ3v) is 3.23. The van der Waals surface area contributed by atoms with E-state index < -0.39 is 0 Å².